The second kappa shape index (κ2) is 13.9. The van der Waals surface area contributed by atoms with E-state index in [1.165, 1.54) is 31.5 Å². The molecule has 0 radical (unpaired) electrons. The molecule has 2 aromatic carbocycles. The summed E-state index contributed by atoms with van der Waals surface area (Å²) in [5, 5.41) is 5.62. The van der Waals surface area contributed by atoms with E-state index >= 15 is 0 Å². The Bertz CT molecular complexity index is 1870. The number of benzene rings is 2. The summed E-state index contributed by atoms with van der Waals surface area (Å²) < 4.78 is 38.4. The minimum atomic E-state index is -3.90. The number of nitrogens with one attached hydrogen (secondary N) is 3. The van der Waals surface area contributed by atoms with Crippen molar-refractivity contribution < 1.29 is 22.7 Å². The van der Waals surface area contributed by atoms with E-state index in [-0.39, 0.29) is 4.90 Å². The number of aromatic amines is 1. The number of H-pyrrole nitrogens is 1. The van der Waals surface area contributed by atoms with Crippen LogP contribution in [0.3, 0.4) is 0 Å². The number of aromatic nitrogens is 3. The Morgan fingerprint density at radius 1 is 1.09 bits per heavy atom. The number of amides is 1. The monoisotopic (exact) mass is 680 g/mol. The number of hydrogen-bond donors (Lipinski definition) is 3. The van der Waals surface area contributed by atoms with Crippen molar-refractivity contribution in [2.45, 2.75) is 44.0 Å². The Morgan fingerprint density at radius 3 is 2.53 bits per heavy atom. The third kappa shape index (κ3) is 7.21. The highest BCUT2D eigenvalue weighted by Gasteiger charge is 2.25. The van der Waals surface area contributed by atoms with Crippen LogP contribution in [0.1, 0.15) is 33.1 Å². The van der Waals surface area contributed by atoms with Crippen LogP contribution in [0.4, 0.5) is 11.5 Å². The highest BCUT2D eigenvalue weighted by atomic mass is 32.2. The van der Waals surface area contributed by atoms with Crippen molar-refractivity contribution >= 4 is 66.7 Å². The lowest BCUT2D eigenvalue weighted by Gasteiger charge is -2.37. The van der Waals surface area contributed by atoms with E-state index in [1.54, 1.807) is 25.6 Å². The number of anilines is 2. The minimum absolute atomic E-state index is 0.00444. The molecule has 2 fully saturated rings. The van der Waals surface area contributed by atoms with Gasteiger partial charge in [-0.15, -0.1) is 0 Å². The maximum atomic E-state index is 12.2. The van der Waals surface area contributed by atoms with Crippen LogP contribution in [0, 0.1) is 0 Å². The fraction of sp³-hybridized carbons (Fsp3) is 0.438. The molecule has 3 N–H and O–H groups in total. The predicted molar refractivity (Wildman–Crippen MR) is 186 cm³/mol. The molecule has 250 valence electrons. The fourth-order valence-corrected chi connectivity index (χ4v) is 7.58. The number of nitrogens with zero attached hydrogens (tertiary/aromatic N) is 5. The maximum Gasteiger partial charge on any atom is 0.264 e. The van der Waals surface area contributed by atoms with E-state index < -0.39 is 15.9 Å². The summed E-state index contributed by atoms with van der Waals surface area (Å²) >= 11 is 5.67. The zero-order valence-electron chi connectivity index (χ0n) is 26.8. The van der Waals surface area contributed by atoms with Gasteiger partial charge >= 0.3 is 0 Å². The normalized spacial score (nSPS) is 17.3. The number of fused-ring (bicyclic) bond motifs is 3. The van der Waals surface area contributed by atoms with E-state index in [0.717, 1.165) is 47.6 Å². The summed E-state index contributed by atoms with van der Waals surface area (Å²) in [7, 11) is -2.24. The molecule has 0 spiro atoms. The molecule has 2 aliphatic heterocycles. The highest BCUT2D eigenvalue weighted by molar-refractivity contribution is 7.90. The number of methoxy groups -OCH3 is 1. The summed E-state index contributed by atoms with van der Waals surface area (Å²) in [5.74, 6) is 1.57. The topological polar surface area (TPSA) is 145 Å². The van der Waals surface area contributed by atoms with E-state index in [2.05, 4.69) is 36.9 Å². The summed E-state index contributed by atoms with van der Waals surface area (Å²) in [6, 6.07) is 10.7. The molecule has 1 atom stereocenters. The van der Waals surface area contributed by atoms with Crippen LogP contribution >= 0.6 is 12.2 Å². The second-order valence-electron chi connectivity index (χ2n) is 11.9. The predicted octanol–water partition coefficient (Wildman–Crippen LogP) is 3.72. The van der Waals surface area contributed by atoms with Gasteiger partial charge in [-0.25, -0.2) is 23.1 Å². The van der Waals surface area contributed by atoms with E-state index in [0.29, 0.717) is 61.1 Å². The minimum Gasteiger partial charge on any atom is -0.493 e. The standard InChI is InChI=1S/C32H40N8O5S2/c1-21-6-4-11-38(21)12-5-17-45-28-19-26-25(18-27(28)44-3)29-30(36-26)33-20-34-31(29)39-13-15-40(16-14-39)32(46)35-23-7-9-24(10-8-23)47(42,43)37-22(2)41/h7-10,18-21H,4-6,11-17H2,1-3H3,(H,35,46)(H,37,41)(H,33,34,36). The average molecular weight is 681 g/mol. The van der Waals surface area contributed by atoms with Crippen LogP contribution in [0.2, 0.25) is 0 Å². The van der Waals surface area contributed by atoms with Gasteiger partial charge in [0.25, 0.3) is 10.0 Å². The zero-order valence-corrected chi connectivity index (χ0v) is 28.4. The molecular weight excluding hydrogens is 641 g/mol. The number of ether oxygens (including phenoxy) is 2. The molecule has 2 aliphatic rings. The first-order valence-electron chi connectivity index (χ1n) is 15.8. The van der Waals surface area contributed by atoms with Gasteiger partial charge < -0.3 is 34.5 Å². The maximum absolute atomic E-state index is 12.2. The number of likely N-dealkylation sites (tertiary alicyclic amines) is 1. The van der Waals surface area contributed by atoms with Crippen LogP contribution in [0.25, 0.3) is 21.9 Å². The first kappa shape index (κ1) is 32.7. The van der Waals surface area contributed by atoms with E-state index in [9.17, 15) is 13.2 Å². The second-order valence-corrected chi connectivity index (χ2v) is 14.0. The summed E-state index contributed by atoms with van der Waals surface area (Å²) in [6.45, 7) is 8.95. The molecule has 2 saturated heterocycles. The van der Waals surface area contributed by atoms with Crippen molar-refractivity contribution in [3.63, 3.8) is 0 Å². The molecule has 13 nitrogen and oxygen atoms in total. The average Bonchev–Trinajstić information content (AvgIpc) is 3.64. The van der Waals surface area contributed by atoms with Gasteiger partial charge in [0.05, 0.1) is 29.5 Å². The van der Waals surface area contributed by atoms with Gasteiger partial charge in [-0.2, -0.15) is 0 Å². The van der Waals surface area contributed by atoms with Gasteiger partial charge in [-0.05, 0) is 75.3 Å². The molecule has 6 rings (SSSR count). The zero-order chi connectivity index (χ0) is 33.1. The molecule has 0 bridgehead atoms. The quantitative estimate of drug-likeness (QED) is 0.166. The Labute approximate surface area is 279 Å². The van der Waals surface area contributed by atoms with Crippen molar-refractivity contribution in [2.75, 3.05) is 63.2 Å². The van der Waals surface area contributed by atoms with Crippen molar-refractivity contribution in [3.8, 4) is 11.5 Å². The fourth-order valence-electron chi connectivity index (χ4n) is 6.29. The SMILES string of the molecule is COc1cc2c(cc1OCCCN1CCCC1C)[nH]c1ncnc(N3CCN(C(=S)Nc4ccc(S(=O)(=O)NC(C)=O)cc4)CC3)c12. The number of carbonyl (C=O) groups excluding carboxylic acids is 1. The Balaban J connectivity index is 1.11. The molecule has 4 aromatic rings. The summed E-state index contributed by atoms with van der Waals surface area (Å²) in [6.07, 6.45) is 5.08. The van der Waals surface area contributed by atoms with Gasteiger partial charge in [-0.1, -0.05) is 0 Å². The van der Waals surface area contributed by atoms with E-state index in [4.69, 9.17) is 26.7 Å². The van der Waals surface area contributed by atoms with Crippen molar-refractivity contribution in [1.29, 1.82) is 0 Å². The molecule has 0 aliphatic carbocycles. The smallest absolute Gasteiger partial charge is 0.264 e. The molecule has 4 heterocycles. The lowest BCUT2D eigenvalue weighted by atomic mass is 10.1. The lowest BCUT2D eigenvalue weighted by Crippen LogP contribution is -2.50. The van der Waals surface area contributed by atoms with Crippen LogP contribution in [0.15, 0.2) is 47.6 Å². The molecule has 47 heavy (non-hydrogen) atoms. The van der Waals surface area contributed by atoms with Gasteiger partial charge in [0.2, 0.25) is 5.91 Å². The van der Waals surface area contributed by atoms with Crippen molar-refractivity contribution in [1.82, 2.24) is 29.5 Å². The van der Waals surface area contributed by atoms with Gasteiger partial charge in [0.1, 0.15) is 17.8 Å². The summed E-state index contributed by atoms with van der Waals surface area (Å²) in [4.78, 5) is 30.7. The number of thiocarbonyl (C=S) groups is 1. The van der Waals surface area contributed by atoms with E-state index in [1.807, 2.05) is 16.9 Å². The first-order chi connectivity index (χ1) is 22.6. The van der Waals surface area contributed by atoms with Crippen LogP contribution < -0.4 is 24.4 Å². The van der Waals surface area contributed by atoms with Crippen LogP contribution in [-0.4, -0.2) is 103 Å². The van der Waals surface area contributed by atoms with Crippen molar-refractivity contribution in [3.05, 3.63) is 42.7 Å². The molecule has 1 unspecified atom stereocenters. The lowest BCUT2D eigenvalue weighted by molar-refractivity contribution is -0.117. The Kier molecular flexibility index (Phi) is 9.66. The van der Waals surface area contributed by atoms with Crippen LogP contribution in [-0.2, 0) is 14.8 Å². The highest BCUT2D eigenvalue weighted by Crippen LogP contribution is 2.38. The number of sulfonamides is 1. The molecule has 1 amide bonds. The van der Waals surface area contributed by atoms with Crippen molar-refractivity contribution in [2.24, 2.45) is 0 Å². The third-order valence-electron chi connectivity index (χ3n) is 8.75. The first-order valence-corrected chi connectivity index (χ1v) is 17.7. The number of rotatable bonds is 10. The van der Waals surface area contributed by atoms with Gasteiger partial charge in [0.15, 0.2) is 16.6 Å². The van der Waals surface area contributed by atoms with Gasteiger partial charge in [0, 0.05) is 62.8 Å². The molecule has 0 saturated carbocycles. The third-order valence-corrected chi connectivity index (χ3v) is 10.6. The largest absolute Gasteiger partial charge is 0.493 e. The van der Waals surface area contributed by atoms with Crippen LogP contribution in [0.5, 0.6) is 11.5 Å². The molecule has 15 heteroatoms. The Hall–Kier alpha value is -4.21. The number of piperazine rings is 1. The Morgan fingerprint density at radius 2 is 1.85 bits per heavy atom. The molecular formula is C32H40N8O5S2. The number of hydrogen-bond acceptors (Lipinski definition) is 10. The summed E-state index contributed by atoms with van der Waals surface area (Å²) in [5.41, 5.74) is 2.30. The molecule has 2 aromatic heterocycles. The number of carbonyl (C=O) groups is 1. The van der Waals surface area contributed by atoms with Gasteiger partial charge in [-0.3, -0.25) is 4.79 Å².